The summed E-state index contributed by atoms with van der Waals surface area (Å²) in [5.41, 5.74) is 3.47. The molecule has 3 aromatic carbocycles. The van der Waals surface area contributed by atoms with Gasteiger partial charge in [-0.15, -0.1) is 11.3 Å². The molecule has 196 valence electrons. The Hall–Kier alpha value is -4.55. The fourth-order valence-corrected chi connectivity index (χ4v) is 4.78. The van der Waals surface area contributed by atoms with Crippen molar-refractivity contribution in [3.8, 4) is 11.3 Å². The number of hydrogen-bond acceptors (Lipinski definition) is 9. The largest absolute Gasteiger partial charge is 0.733 e. The van der Waals surface area contributed by atoms with E-state index in [9.17, 15) is 19.6 Å². The number of imide groups is 1. The molecule has 0 radical (unpaired) electrons. The summed E-state index contributed by atoms with van der Waals surface area (Å²) in [6, 6.07) is 19.4. The highest BCUT2D eigenvalue weighted by molar-refractivity contribution is 7.14. The lowest BCUT2D eigenvalue weighted by Gasteiger charge is -2.21. The van der Waals surface area contributed by atoms with Crippen LogP contribution in [0.4, 0.5) is 22.2 Å². The molecule has 2 heterocycles. The van der Waals surface area contributed by atoms with Crippen molar-refractivity contribution in [2.24, 2.45) is 0 Å². The maximum Gasteiger partial charge on any atom is 0.283 e. The van der Waals surface area contributed by atoms with Gasteiger partial charge >= 0.3 is 0 Å². The number of nitrogens with one attached hydrogen (secondary N) is 2. The van der Waals surface area contributed by atoms with Crippen LogP contribution in [0, 0.1) is 12.1 Å². The first kappa shape index (κ1) is 26.1. The number of amides is 3. The molecule has 0 unspecified atom stereocenters. The van der Waals surface area contributed by atoms with Crippen LogP contribution in [0.5, 0.6) is 0 Å². The van der Waals surface area contributed by atoms with Gasteiger partial charge in [-0.3, -0.25) is 24.9 Å². The van der Waals surface area contributed by atoms with E-state index in [2.05, 4.69) is 15.6 Å². The zero-order chi connectivity index (χ0) is 27.7. The Labute approximate surface area is 231 Å². The molecular formula is C27H19ClN5O5S-. The monoisotopic (exact) mass is 560 g/mol. The van der Waals surface area contributed by atoms with Crippen LogP contribution >= 0.6 is 22.9 Å². The fraction of sp³-hybridized carbons (Fsp3) is 0.0370. The van der Waals surface area contributed by atoms with Gasteiger partial charge in [0.1, 0.15) is 10.7 Å². The second-order valence-corrected chi connectivity index (χ2v) is 9.72. The van der Waals surface area contributed by atoms with E-state index in [0.29, 0.717) is 33.3 Å². The van der Waals surface area contributed by atoms with E-state index >= 15 is 0 Å². The van der Waals surface area contributed by atoms with Crippen LogP contribution in [-0.2, 0) is 9.59 Å². The minimum absolute atomic E-state index is 0.0503. The summed E-state index contributed by atoms with van der Waals surface area (Å²) in [6.07, 6.45) is 0. The van der Waals surface area contributed by atoms with Gasteiger partial charge in [0.15, 0.2) is 5.13 Å². The van der Waals surface area contributed by atoms with Gasteiger partial charge in [-0.1, -0.05) is 35.9 Å². The summed E-state index contributed by atoms with van der Waals surface area (Å²) in [4.78, 5) is 43.8. The lowest BCUT2D eigenvalue weighted by atomic mass is 10.1. The highest BCUT2D eigenvalue weighted by atomic mass is 35.5. The van der Waals surface area contributed by atoms with Crippen molar-refractivity contribution in [3.63, 3.8) is 0 Å². The minimum Gasteiger partial charge on any atom is -0.733 e. The normalized spacial score (nSPS) is 13.2. The quantitative estimate of drug-likeness (QED) is 0.199. The zero-order valence-corrected chi connectivity index (χ0v) is 21.8. The molecule has 5 rings (SSSR count). The van der Waals surface area contributed by atoms with Gasteiger partial charge in [0.25, 0.3) is 17.7 Å². The number of halogens is 1. The van der Waals surface area contributed by atoms with Gasteiger partial charge in [0.2, 0.25) is 0 Å². The fourth-order valence-electron chi connectivity index (χ4n) is 3.85. The smallest absolute Gasteiger partial charge is 0.283 e. The second-order valence-electron chi connectivity index (χ2n) is 8.49. The van der Waals surface area contributed by atoms with Crippen LogP contribution in [0.15, 0.2) is 88.9 Å². The molecule has 1 aromatic heterocycles. The van der Waals surface area contributed by atoms with Gasteiger partial charge in [0, 0.05) is 22.2 Å². The Morgan fingerprint density at radius 1 is 1.05 bits per heavy atom. The summed E-state index contributed by atoms with van der Waals surface area (Å²) in [5, 5.41) is 27.2. The van der Waals surface area contributed by atoms with Crippen LogP contribution in [-0.4, -0.2) is 27.9 Å². The summed E-state index contributed by atoms with van der Waals surface area (Å²) >= 11 is 7.44. The number of aryl methyl sites for hydroxylation is 1. The Kier molecular flexibility index (Phi) is 7.13. The number of anilines is 4. The maximum atomic E-state index is 13.0. The highest BCUT2D eigenvalue weighted by Crippen LogP contribution is 2.31. The molecule has 4 aromatic rings. The molecule has 10 nitrogen and oxygen atoms in total. The van der Waals surface area contributed by atoms with Crippen molar-refractivity contribution in [2.75, 3.05) is 20.8 Å². The zero-order valence-electron chi connectivity index (χ0n) is 20.2. The SMILES string of the molecule is Cc1cccc(N2C(=O)C(Cl)=C(Nc3ccc(C(=O)Nc4nc(-c5ccc(N([O-])O)cc5)cs4)cc3)C2=O)c1. The molecular weight excluding hydrogens is 542 g/mol. The highest BCUT2D eigenvalue weighted by Gasteiger charge is 2.39. The molecule has 39 heavy (non-hydrogen) atoms. The number of thiazole rings is 1. The van der Waals surface area contributed by atoms with E-state index < -0.39 is 17.7 Å². The van der Waals surface area contributed by atoms with Gasteiger partial charge in [-0.25, -0.2) is 9.88 Å². The Morgan fingerprint density at radius 2 is 1.77 bits per heavy atom. The maximum absolute atomic E-state index is 13.0. The van der Waals surface area contributed by atoms with E-state index in [-0.39, 0.29) is 21.6 Å². The van der Waals surface area contributed by atoms with Crippen LogP contribution in [0.25, 0.3) is 11.3 Å². The van der Waals surface area contributed by atoms with Gasteiger partial charge in [-0.05, 0) is 61.0 Å². The number of carbonyl (C=O) groups excluding carboxylic acids is 3. The number of aromatic nitrogens is 1. The first-order valence-corrected chi connectivity index (χ1v) is 12.7. The summed E-state index contributed by atoms with van der Waals surface area (Å²) in [7, 11) is 0. The van der Waals surface area contributed by atoms with Crippen LogP contribution < -0.4 is 20.8 Å². The molecule has 0 fully saturated rings. The molecule has 3 amide bonds. The summed E-state index contributed by atoms with van der Waals surface area (Å²) in [5.74, 6) is -1.59. The summed E-state index contributed by atoms with van der Waals surface area (Å²) < 4.78 is 0. The Morgan fingerprint density at radius 3 is 2.44 bits per heavy atom. The molecule has 0 spiro atoms. The lowest BCUT2D eigenvalue weighted by Crippen LogP contribution is -2.32. The van der Waals surface area contributed by atoms with Crippen LogP contribution in [0.2, 0.25) is 0 Å². The van der Waals surface area contributed by atoms with Crippen molar-refractivity contribution in [1.29, 1.82) is 0 Å². The number of hydrogen-bond donors (Lipinski definition) is 3. The lowest BCUT2D eigenvalue weighted by molar-refractivity contribution is -0.120. The third-order valence-electron chi connectivity index (χ3n) is 5.81. The molecule has 0 saturated heterocycles. The average Bonchev–Trinajstić information content (AvgIpc) is 3.47. The standard InChI is InChI=1S/C27H19ClN5O5S/c1-15-3-2-4-20(13-15)32-25(35)22(28)23(26(32)36)29-18-9-5-17(6-10-18)24(34)31-27-30-21(14-39-27)16-7-11-19(12-8-16)33(37)38/h2-14,29,37H,1H3,(H,30,31,34)/q-1. The first-order valence-electron chi connectivity index (χ1n) is 11.5. The van der Waals surface area contributed by atoms with E-state index in [1.54, 1.807) is 60.0 Å². The van der Waals surface area contributed by atoms with Crippen molar-refractivity contribution >= 4 is 62.9 Å². The number of rotatable bonds is 7. The number of carbonyl (C=O) groups is 3. The van der Waals surface area contributed by atoms with Gasteiger partial charge < -0.3 is 15.8 Å². The van der Waals surface area contributed by atoms with E-state index in [1.165, 1.54) is 23.5 Å². The average molecular weight is 561 g/mol. The van der Waals surface area contributed by atoms with Crippen molar-refractivity contribution < 1.29 is 19.6 Å². The first-order chi connectivity index (χ1) is 18.7. The van der Waals surface area contributed by atoms with Crippen LogP contribution in [0.3, 0.4) is 0 Å². The molecule has 12 heteroatoms. The Balaban J connectivity index is 1.24. The molecule has 0 saturated carbocycles. The second kappa shape index (κ2) is 10.7. The molecule has 1 aliphatic heterocycles. The van der Waals surface area contributed by atoms with Gasteiger partial charge in [0.05, 0.1) is 17.1 Å². The topological polar surface area (TPSA) is 138 Å². The molecule has 0 aliphatic carbocycles. The molecule has 0 bridgehead atoms. The van der Waals surface area contributed by atoms with Crippen LogP contribution in [0.1, 0.15) is 15.9 Å². The van der Waals surface area contributed by atoms with E-state index in [4.69, 9.17) is 16.8 Å². The molecule has 0 atom stereocenters. The number of benzene rings is 3. The van der Waals surface area contributed by atoms with Crippen molar-refractivity contribution in [3.05, 3.63) is 105 Å². The Bertz CT molecular complexity index is 1620. The summed E-state index contributed by atoms with van der Waals surface area (Å²) in [6.45, 7) is 1.86. The molecule has 1 aliphatic rings. The predicted octanol–water partition coefficient (Wildman–Crippen LogP) is 5.50. The van der Waals surface area contributed by atoms with Crippen molar-refractivity contribution in [1.82, 2.24) is 4.98 Å². The predicted molar refractivity (Wildman–Crippen MR) is 150 cm³/mol. The third-order valence-corrected chi connectivity index (χ3v) is 6.92. The van der Waals surface area contributed by atoms with Crippen molar-refractivity contribution in [2.45, 2.75) is 6.92 Å². The molecule has 3 N–H and O–H groups in total. The van der Waals surface area contributed by atoms with Gasteiger partial charge in [-0.2, -0.15) is 0 Å². The number of nitrogens with zero attached hydrogens (tertiary/aromatic N) is 3. The minimum atomic E-state index is -0.620. The third kappa shape index (κ3) is 5.38. The van der Waals surface area contributed by atoms with E-state index in [0.717, 1.165) is 10.5 Å². The van der Waals surface area contributed by atoms with E-state index in [1.807, 2.05) is 13.0 Å².